The van der Waals surface area contributed by atoms with Gasteiger partial charge in [0.25, 0.3) is 0 Å². The molecule has 104 valence electrons. The monoisotopic (exact) mass is 281 g/mol. The second-order valence-corrected chi connectivity index (χ2v) is 5.51. The summed E-state index contributed by atoms with van der Waals surface area (Å²) in [6.07, 6.45) is 2.67. The minimum absolute atomic E-state index is 0. The Morgan fingerprint density at radius 1 is 1.21 bits per heavy atom. The molecule has 0 aliphatic carbocycles. The molecule has 1 aromatic rings. The van der Waals surface area contributed by atoms with Crippen molar-refractivity contribution in [3.05, 3.63) is 47.5 Å². The highest BCUT2D eigenvalue weighted by Crippen LogP contribution is 2.38. The van der Waals surface area contributed by atoms with Gasteiger partial charge in [0.05, 0.1) is 19.7 Å². The zero-order valence-corrected chi connectivity index (χ0v) is 11.6. The van der Waals surface area contributed by atoms with Gasteiger partial charge in [-0.05, 0) is 6.08 Å². The van der Waals surface area contributed by atoms with Crippen LogP contribution in [0.5, 0.6) is 0 Å². The second kappa shape index (κ2) is 5.63. The summed E-state index contributed by atoms with van der Waals surface area (Å²) in [4.78, 5) is 0. The summed E-state index contributed by atoms with van der Waals surface area (Å²) in [7, 11) is 0. The highest BCUT2D eigenvalue weighted by molar-refractivity contribution is 5.20. The Kier molecular flexibility index (Phi) is 4.31. The predicted octanol–water partition coefficient (Wildman–Crippen LogP) is -1.93. The molecule has 3 nitrogen and oxygen atoms in total. The van der Waals surface area contributed by atoms with Crippen LogP contribution in [0.4, 0.5) is 0 Å². The number of hydrogen-bond acceptors (Lipinski definition) is 2. The zero-order valence-electron chi connectivity index (χ0n) is 10.9. The van der Waals surface area contributed by atoms with Gasteiger partial charge in [-0.15, -0.1) is 0 Å². The van der Waals surface area contributed by atoms with E-state index in [0.717, 1.165) is 36.1 Å². The van der Waals surface area contributed by atoms with Gasteiger partial charge in [0, 0.05) is 17.6 Å². The molecule has 0 aromatic heterocycles. The second-order valence-electron chi connectivity index (χ2n) is 5.51. The normalized spacial score (nSPS) is 32.6. The number of quaternary nitrogens is 1. The van der Waals surface area contributed by atoms with Gasteiger partial charge in [-0.1, -0.05) is 30.3 Å². The fraction of sp³-hybridized carbons (Fsp3) is 0.467. The molecule has 1 fully saturated rings. The maximum Gasteiger partial charge on any atom is 0.140 e. The molecule has 1 aromatic carbocycles. The summed E-state index contributed by atoms with van der Waals surface area (Å²) in [6, 6.07) is 10.5. The Bertz CT molecular complexity index is 462. The van der Waals surface area contributed by atoms with E-state index in [-0.39, 0.29) is 31.2 Å². The topological polar surface area (TPSA) is 40.5 Å². The van der Waals surface area contributed by atoms with Crippen LogP contribution in [0.2, 0.25) is 0 Å². The third kappa shape index (κ3) is 2.43. The first-order valence-corrected chi connectivity index (χ1v) is 6.63. The Hall–Kier alpha value is -0.870. The Morgan fingerprint density at radius 2 is 1.95 bits per heavy atom. The number of hydrogen-bond donors (Lipinski definition) is 2. The van der Waals surface area contributed by atoms with Gasteiger partial charge in [-0.25, -0.2) is 0 Å². The number of benzene rings is 1. The first kappa shape index (κ1) is 14.5. The molecule has 1 saturated heterocycles. The predicted molar refractivity (Wildman–Crippen MR) is 69.7 cm³/mol. The van der Waals surface area contributed by atoms with E-state index in [0.29, 0.717) is 0 Å². The molecule has 19 heavy (non-hydrogen) atoms. The van der Waals surface area contributed by atoms with E-state index in [1.54, 1.807) is 0 Å². The first-order valence-electron chi connectivity index (χ1n) is 6.63. The molecule has 3 rings (SSSR count). The van der Waals surface area contributed by atoms with E-state index < -0.39 is 0 Å². The number of nitrogens with zero attached hydrogens (tertiary/aromatic N) is 1. The van der Waals surface area contributed by atoms with Gasteiger partial charge < -0.3 is 27.1 Å². The van der Waals surface area contributed by atoms with Crippen molar-refractivity contribution in [3.63, 3.8) is 0 Å². The van der Waals surface area contributed by atoms with Crippen LogP contribution in [0.15, 0.2) is 42.0 Å². The molecule has 0 radical (unpaired) electrons. The van der Waals surface area contributed by atoms with E-state index in [1.807, 2.05) is 6.07 Å². The quantitative estimate of drug-likeness (QED) is 0.501. The summed E-state index contributed by atoms with van der Waals surface area (Å²) in [6.45, 7) is 2.96. The summed E-state index contributed by atoms with van der Waals surface area (Å²) >= 11 is 0. The maximum atomic E-state index is 10.2. The van der Waals surface area contributed by atoms with Gasteiger partial charge in [0.1, 0.15) is 18.7 Å². The first-order chi connectivity index (χ1) is 8.75. The third-order valence-electron chi connectivity index (χ3n) is 4.44. The lowest BCUT2D eigenvalue weighted by molar-refractivity contribution is -0.938. The van der Waals surface area contributed by atoms with Gasteiger partial charge in [-0.2, -0.15) is 0 Å². The lowest BCUT2D eigenvalue weighted by Crippen LogP contribution is -3.00. The van der Waals surface area contributed by atoms with Crippen LogP contribution in [-0.2, 0) is 6.54 Å². The van der Waals surface area contributed by atoms with Crippen molar-refractivity contribution in [2.24, 2.45) is 0 Å². The van der Waals surface area contributed by atoms with Crippen molar-refractivity contribution in [1.29, 1.82) is 0 Å². The maximum absolute atomic E-state index is 10.2. The average molecular weight is 282 g/mol. The van der Waals surface area contributed by atoms with Crippen LogP contribution in [0.25, 0.3) is 0 Å². The molecule has 4 heteroatoms. The minimum atomic E-state index is -0.297. The van der Waals surface area contributed by atoms with Crippen LogP contribution in [0.1, 0.15) is 12.0 Å². The molecule has 2 heterocycles. The van der Waals surface area contributed by atoms with Crippen LogP contribution >= 0.6 is 0 Å². The standard InChI is InChI=1S/C15H20NO2.ClH/c17-11-13-6-8-16(9-7-14(18)15(13)16)10-12-4-2-1-3-5-12;/h1-6,14-15,17-18H,7-11H2;1H/q+1;/p-1/t14?,15-,16?;/m1./s1. The van der Waals surface area contributed by atoms with Gasteiger partial charge in [0.2, 0.25) is 0 Å². The number of aliphatic hydroxyl groups is 2. The smallest absolute Gasteiger partial charge is 0.140 e. The van der Waals surface area contributed by atoms with E-state index in [9.17, 15) is 10.2 Å². The molecule has 3 atom stereocenters. The van der Waals surface area contributed by atoms with Crippen molar-refractivity contribution in [2.75, 3.05) is 19.7 Å². The Labute approximate surface area is 120 Å². The van der Waals surface area contributed by atoms with Crippen molar-refractivity contribution in [2.45, 2.75) is 25.1 Å². The van der Waals surface area contributed by atoms with Crippen molar-refractivity contribution < 1.29 is 27.1 Å². The SMILES string of the molecule is OCC1=CC[N+]2(Cc3ccccc3)CCC(O)[C@@H]12.[Cl-]. The molecule has 0 amide bonds. The number of halogens is 1. The van der Waals surface area contributed by atoms with Crippen molar-refractivity contribution in [3.8, 4) is 0 Å². The number of rotatable bonds is 3. The Balaban J connectivity index is 0.00000133. The molecule has 0 bridgehead atoms. The molecular formula is C15H20ClNO2. The molecule has 2 aliphatic heterocycles. The van der Waals surface area contributed by atoms with E-state index in [2.05, 4.69) is 30.3 Å². The lowest BCUT2D eigenvalue weighted by atomic mass is 10.0. The summed E-state index contributed by atoms with van der Waals surface area (Å²) in [5, 5.41) is 19.6. The van der Waals surface area contributed by atoms with Crippen molar-refractivity contribution in [1.82, 2.24) is 0 Å². The number of aliphatic hydroxyl groups excluding tert-OH is 2. The van der Waals surface area contributed by atoms with Gasteiger partial charge >= 0.3 is 0 Å². The van der Waals surface area contributed by atoms with E-state index in [4.69, 9.17) is 0 Å². The van der Waals surface area contributed by atoms with Crippen LogP contribution in [0.3, 0.4) is 0 Å². The lowest BCUT2D eigenvalue weighted by Gasteiger charge is -2.36. The summed E-state index contributed by atoms with van der Waals surface area (Å²) < 4.78 is 0.890. The molecule has 2 unspecified atom stereocenters. The average Bonchev–Trinajstić information content (AvgIpc) is 2.90. The molecule has 2 aliphatic rings. The summed E-state index contributed by atoms with van der Waals surface area (Å²) in [5.41, 5.74) is 2.33. The third-order valence-corrected chi connectivity index (χ3v) is 4.44. The molecular weight excluding hydrogens is 262 g/mol. The minimum Gasteiger partial charge on any atom is -1.00 e. The highest BCUT2D eigenvalue weighted by Gasteiger charge is 2.51. The summed E-state index contributed by atoms with van der Waals surface area (Å²) in [5.74, 6) is 0. The zero-order chi connectivity index (χ0) is 12.6. The van der Waals surface area contributed by atoms with E-state index in [1.165, 1.54) is 5.56 Å². The molecule has 2 N–H and O–H groups in total. The highest BCUT2D eigenvalue weighted by atomic mass is 35.5. The largest absolute Gasteiger partial charge is 1.00 e. The fourth-order valence-electron chi connectivity index (χ4n) is 3.62. The van der Waals surface area contributed by atoms with Crippen LogP contribution in [-0.4, -0.2) is 46.5 Å². The van der Waals surface area contributed by atoms with Crippen LogP contribution < -0.4 is 12.4 Å². The van der Waals surface area contributed by atoms with Gasteiger partial charge in [0.15, 0.2) is 0 Å². The van der Waals surface area contributed by atoms with Crippen molar-refractivity contribution >= 4 is 0 Å². The fourth-order valence-corrected chi connectivity index (χ4v) is 3.62. The Morgan fingerprint density at radius 3 is 2.63 bits per heavy atom. The van der Waals surface area contributed by atoms with Gasteiger partial charge in [-0.3, -0.25) is 0 Å². The molecule has 0 saturated carbocycles. The van der Waals surface area contributed by atoms with E-state index >= 15 is 0 Å². The number of fused-ring (bicyclic) bond motifs is 1. The van der Waals surface area contributed by atoms with Crippen LogP contribution in [0, 0.1) is 0 Å². The molecule has 0 spiro atoms.